The van der Waals surface area contributed by atoms with E-state index in [0.717, 1.165) is 11.1 Å². The maximum Gasteiger partial charge on any atom is 0.0621 e. The molecule has 0 unspecified atom stereocenters. The average Bonchev–Trinajstić information content (AvgIpc) is 1.95. The zero-order valence-corrected chi connectivity index (χ0v) is 7.08. The minimum absolute atomic E-state index is 0.472. The summed E-state index contributed by atoms with van der Waals surface area (Å²) in [5, 5.41) is 0.679. The maximum atomic E-state index is 5.77. The lowest BCUT2D eigenvalue weighted by atomic mass is 10.2. The second-order valence-electron chi connectivity index (χ2n) is 2.04. The Morgan fingerprint density at radius 2 is 2.20 bits per heavy atom. The molecule has 1 aromatic heterocycles. The molecule has 0 spiro atoms. The van der Waals surface area contributed by atoms with Crippen molar-refractivity contribution in [2.45, 2.75) is 12.8 Å². The predicted molar refractivity (Wildman–Crippen MR) is 43.5 cm³/mol. The molecule has 1 heterocycles. The molecule has 0 saturated carbocycles. The van der Waals surface area contributed by atoms with E-state index in [1.807, 2.05) is 6.92 Å². The highest BCUT2D eigenvalue weighted by molar-refractivity contribution is 6.31. The van der Waals surface area contributed by atoms with Crippen LogP contribution in [0.3, 0.4) is 0 Å². The highest BCUT2D eigenvalue weighted by Crippen LogP contribution is 2.17. The topological polar surface area (TPSA) is 12.9 Å². The van der Waals surface area contributed by atoms with Crippen LogP contribution in [0.1, 0.15) is 11.1 Å². The van der Waals surface area contributed by atoms with Crippen molar-refractivity contribution in [3.8, 4) is 0 Å². The third kappa shape index (κ3) is 1.41. The Hall–Kier alpha value is -0.270. The highest BCUT2D eigenvalue weighted by atomic mass is 35.5. The Labute approximate surface area is 70.0 Å². The third-order valence-electron chi connectivity index (χ3n) is 1.40. The molecule has 0 aromatic carbocycles. The molecule has 0 amide bonds. The van der Waals surface area contributed by atoms with E-state index in [4.69, 9.17) is 23.2 Å². The van der Waals surface area contributed by atoms with Gasteiger partial charge >= 0.3 is 0 Å². The SMILES string of the molecule is Cc1c(Cl)cncc1CCl. The highest BCUT2D eigenvalue weighted by Gasteiger charge is 1.99. The fourth-order valence-electron chi connectivity index (χ4n) is 0.674. The molecular weight excluding hydrogens is 169 g/mol. The van der Waals surface area contributed by atoms with E-state index in [1.54, 1.807) is 12.4 Å². The van der Waals surface area contributed by atoms with Crippen LogP contribution < -0.4 is 0 Å². The van der Waals surface area contributed by atoms with E-state index in [1.165, 1.54) is 0 Å². The largest absolute Gasteiger partial charge is 0.263 e. The van der Waals surface area contributed by atoms with Crippen molar-refractivity contribution in [3.05, 3.63) is 28.5 Å². The number of hydrogen-bond donors (Lipinski definition) is 0. The van der Waals surface area contributed by atoms with Gasteiger partial charge in [0.25, 0.3) is 0 Å². The maximum absolute atomic E-state index is 5.77. The van der Waals surface area contributed by atoms with E-state index < -0.39 is 0 Å². The van der Waals surface area contributed by atoms with Crippen molar-refractivity contribution < 1.29 is 0 Å². The second kappa shape index (κ2) is 3.22. The number of nitrogens with zero attached hydrogens (tertiary/aromatic N) is 1. The van der Waals surface area contributed by atoms with Crippen molar-refractivity contribution in [2.75, 3.05) is 0 Å². The van der Waals surface area contributed by atoms with Gasteiger partial charge in [0.2, 0.25) is 0 Å². The van der Waals surface area contributed by atoms with Gasteiger partial charge in [0.15, 0.2) is 0 Å². The van der Waals surface area contributed by atoms with Crippen LogP contribution in [-0.4, -0.2) is 4.98 Å². The molecule has 1 aromatic rings. The molecule has 1 rings (SSSR count). The van der Waals surface area contributed by atoms with Crippen LogP contribution in [0.25, 0.3) is 0 Å². The molecule has 0 aliphatic rings. The van der Waals surface area contributed by atoms with Gasteiger partial charge in [0.05, 0.1) is 5.02 Å². The van der Waals surface area contributed by atoms with Gasteiger partial charge in [-0.2, -0.15) is 0 Å². The van der Waals surface area contributed by atoms with Gasteiger partial charge in [-0.1, -0.05) is 11.6 Å². The van der Waals surface area contributed by atoms with Gasteiger partial charge in [-0.15, -0.1) is 11.6 Å². The lowest BCUT2D eigenvalue weighted by Crippen LogP contribution is -1.86. The van der Waals surface area contributed by atoms with Gasteiger partial charge < -0.3 is 0 Å². The smallest absolute Gasteiger partial charge is 0.0621 e. The quantitative estimate of drug-likeness (QED) is 0.599. The Bertz CT molecular complexity index is 235. The van der Waals surface area contributed by atoms with Crippen LogP contribution in [0.15, 0.2) is 12.4 Å². The zero-order valence-electron chi connectivity index (χ0n) is 5.56. The van der Waals surface area contributed by atoms with Crippen molar-refractivity contribution in [2.24, 2.45) is 0 Å². The van der Waals surface area contributed by atoms with E-state index >= 15 is 0 Å². The first-order valence-electron chi connectivity index (χ1n) is 2.90. The Morgan fingerprint density at radius 1 is 1.50 bits per heavy atom. The van der Waals surface area contributed by atoms with Crippen molar-refractivity contribution in [1.82, 2.24) is 4.98 Å². The van der Waals surface area contributed by atoms with Crippen LogP contribution in [0.4, 0.5) is 0 Å². The zero-order chi connectivity index (χ0) is 7.56. The summed E-state index contributed by atoms with van der Waals surface area (Å²) in [7, 11) is 0. The van der Waals surface area contributed by atoms with Crippen LogP contribution in [-0.2, 0) is 5.88 Å². The fraction of sp³-hybridized carbons (Fsp3) is 0.286. The van der Waals surface area contributed by atoms with Crippen LogP contribution >= 0.6 is 23.2 Å². The molecule has 3 heteroatoms. The summed E-state index contributed by atoms with van der Waals surface area (Å²) in [6.07, 6.45) is 3.35. The van der Waals surface area contributed by atoms with Crippen molar-refractivity contribution in [1.29, 1.82) is 0 Å². The van der Waals surface area contributed by atoms with Crippen molar-refractivity contribution in [3.63, 3.8) is 0 Å². The lowest BCUT2D eigenvalue weighted by Gasteiger charge is -2.00. The summed E-state index contributed by atoms with van der Waals surface area (Å²) in [6.45, 7) is 1.93. The summed E-state index contributed by atoms with van der Waals surface area (Å²) < 4.78 is 0. The van der Waals surface area contributed by atoms with Crippen LogP contribution in [0, 0.1) is 6.92 Å². The summed E-state index contributed by atoms with van der Waals surface area (Å²) in [5.41, 5.74) is 2.01. The van der Waals surface area contributed by atoms with Gasteiger partial charge in [-0.25, -0.2) is 0 Å². The van der Waals surface area contributed by atoms with Gasteiger partial charge in [-0.3, -0.25) is 4.98 Å². The number of aromatic nitrogens is 1. The lowest BCUT2D eigenvalue weighted by molar-refractivity contribution is 1.19. The summed E-state index contributed by atoms with van der Waals surface area (Å²) in [6, 6.07) is 0. The Kier molecular flexibility index (Phi) is 2.52. The predicted octanol–water partition coefficient (Wildman–Crippen LogP) is 2.78. The van der Waals surface area contributed by atoms with Crippen molar-refractivity contribution >= 4 is 23.2 Å². The number of halogens is 2. The second-order valence-corrected chi connectivity index (χ2v) is 2.71. The minimum atomic E-state index is 0.472. The standard InChI is InChI=1S/C7H7Cl2N/c1-5-6(2-8)3-10-4-7(5)9/h3-4H,2H2,1H3. The number of alkyl halides is 1. The van der Waals surface area contributed by atoms with E-state index in [-0.39, 0.29) is 0 Å². The normalized spacial score (nSPS) is 9.90. The van der Waals surface area contributed by atoms with E-state index in [0.29, 0.717) is 10.9 Å². The molecule has 0 aliphatic carbocycles. The fourth-order valence-corrected chi connectivity index (χ4v) is 1.12. The number of rotatable bonds is 1. The third-order valence-corrected chi connectivity index (χ3v) is 2.07. The molecule has 10 heavy (non-hydrogen) atoms. The van der Waals surface area contributed by atoms with Gasteiger partial charge in [-0.05, 0) is 18.1 Å². The average molecular weight is 176 g/mol. The van der Waals surface area contributed by atoms with Gasteiger partial charge in [0.1, 0.15) is 0 Å². The first kappa shape index (κ1) is 7.83. The minimum Gasteiger partial charge on any atom is -0.263 e. The van der Waals surface area contributed by atoms with Gasteiger partial charge in [0, 0.05) is 18.3 Å². The molecule has 0 fully saturated rings. The Morgan fingerprint density at radius 3 is 2.70 bits per heavy atom. The molecule has 0 atom stereocenters. The number of pyridine rings is 1. The molecule has 0 N–H and O–H groups in total. The molecule has 0 bridgehead atoms. The molecule has 0 saturated heterocycles. The molecular formula is C7H7Cl2N. The first-order chi connectivity index (χ1) is 4.75. The summed E-state index contributed by atoms with van der Waals surface area (Å²) in [5.74, 6) is 0.472. The number of hydrogen-bond acceptors (Lipinski definition) is 1. The Balaban J connectivity index is 3.14. The van der Waals surface area contributed by atoms with E-state index in [2.05, 4.69) is 4.98 Å². The molecule has 0 radical (unpaired) electrons. The van der Waals surface area contributed by atoms with Crippen LogP contribution in [0.5, 0.6) is 0 Å². The van der Waals surface area contributed by atoms with Crippen LogP contribution in [0.2, 0.25) is 5.02 Å². The molecule has 54 valence electrons. The summed E-state index contributed by atoms with van der Waals surface area (Å²) in [4.78, 5) is 3.90. The molecule has 1 nitrogen and oxygen atoms in total. The summed E-state index contributed by atoms with van der Waals surface area (Å²) >= 11 is 11.4. The van der Waals surface area contributed by atoms with E-state index in [9.17, 15) is 0 Å². The molecule has 0 aliphatic heterocycles. The monoisotopic (exact) mass is 175 g/mol. The first-order valence-corrected chi connectivity index (χ1v) is 3.82.